The highest BCUT2D eigenvalue weighted by molar-refractivity contribution is 8.15. The van der Waals surface area contributed by atoms with E-state index in [1.54, 1.807) is 6.21 Å². The number of nitrogens with zero attached hydrogens (tertiary/aromatic N) is 2. The number of hydrogen-bond acceptors (Lipinski definition) is 4. The Morgan fingerprint density at radius 2 is 1.88 bits per heavy atom. The van der Waals surface area contributed by atoms with Crippen LogP contribution in [0.2, 0.25) is 0 Å². The van der Waals surface area contributed by atoms with Crippen LogP contribution in [0, 0.1) is 0 Å². The van der Waals surface area contributed by atoms with Crippen molar-refractivity contribution in [1.29, 1.82) is 0 Å². The number of carbonyl (C=O) groups is 1. The second-order valence-electron chi connectivity index (χ2n) is 5.98. The molecule has 1 amide bonds. The van der Waals surface area contributed by atoms with Gasteiger partial charge in [0.2, 0.25) is 5.91 Å². The summed E-state index contributed by atoms with van der Waals surface area (Å²) in [5, 5.41) is 12.8. The number of nitrogens with one attached hydrogen (secondary N) is 2. The molecule has 1 aromatic heterocycles. The maximum absolute atomic E-state index is 11.8. The van der Waals surface area contributed by atoms with Crippen molar-refractivity contribution in [3.63, 3.8) is 0 Å². The Kier molecular flexibility index (Phi) is 4.58. The quantitative estimate of drug-likeness (QED) is 0.540. The molecule has 0 spiro atoms. The van der Waals surface area contributed by atoms with Gasteiger partial charge < -0.3 is 10.3 Å². The van der Waals surface area contributed by atoms with Crippen molar-refractivity contribution >= 4 is 40.0 Å². The second-order valence-corrected chi connectivity index (χ2v) is 7.17. The molecule has 0 aliphatic carbocycles. The van der Waals surface area contributed by atoms with E-state index in [4.69, 9.17) is 0 Å². The molecule has 1 fully saturated rings. The highest BCUT2D eigenvalue weighted by Crippen LogP contribution is 2.29. The van der Waals surface area contributed by atoms with Gasteiger partial charge in [0.05, 0.1) is 17.2 Å². The highest BCUT2D eigenvalue weighted by Gasteiger charge is 2.28. The van der Waals surface area contributed by atoms with E-state index in [1.807, 2.05) is 43.3 Å². The monoisotopic (exact) mass is 362 g/mol. The Morgan fingerprint density at radius 3 is 2.65 bits per heavy atom. The number of carbonyl (C=O) groups excluding carboxylic acids is 1. The van der Waals surface area contributed by atoms with Crippen molar-refractivity contribution in [1.82, 2.24) is 10.3 Å². The molecule has 1 aliphatic heterocycles. The molecule has 130 valence electrons. The topological polar surface area (TPSA) is 69.6 Å². The number of hydrogen-bond donors (Lipinski definition) is 2. The standard InChI is InChI=1S/C20H18N4OS/c1-2-17-19(25)23-20(26-17)24-21-12-15-14-10-6-7-11-16(14)22-18(15)13-8-4-3-5-9-13/h3-12,17,22H,2H2,1H3,(H,23,24,25)/b21-12+/t17-/m1/s1. The van der Waals surface area contributed by atoms with Crippen LogP contribution in [-0.2, 0) is 4.79 Å². The third kappa shape index (κ3) is 3.15. The van der Waals surface area contributed by atoms with Crippen LogP contribution in [0.3, 0.4) is 0 Å². The third-order valence-electron chi connectivity index (χ3n) is 4.29. The van der Waals surface area contributed by atoms with Gasteiger partial charge in [0.15, 0.2) is 5.17 Å². The minimum Gasteiger partial charge on any atom is -0.354 e. The van der Waals surface area contributed by atoms with Crippen molar-refractivity contribution in [2.45, 2.75) is 18.6 Å². The largest absolute Gasteiger partial charge is 0.354 e. The normalized spacial score (nSPS) is 18.9. The number of fused-ring (bicyclic) bond motifs is 1. The van der Waals surface area contributed by atoms with Gasteiger partial charge in [-0.25, -0.2) is 0 Å². The van der Waals surface area contributed by atoms with Crippen LogP contribution in [0.5, 0.6) is 0 Å². The Morgan fingerprint density at radius 1 is 1.12 bits per heavy atom. The van der Waals surface area contributed by atoms with Crippen molar-refractivity contribution < 1.29 is 4.79 Å². The zero-order chi connectivity index (χ0) is 17.9. The molecule has 2 N–H and O–H groups in total. The van der Waals surface area contributed by atoms with Crippen LogP contribution in [0.15, 0.2) is 64.8 Å². The first-order chi connectivity index (χ1) is 12.8. The number of aromatic amines is 1. The molecule has 0 saturated carbocycles. The van der Waals surface area contributed by atoms with Crippen LogP contribution >= 0.6 is 11.8 Å². The molecule has 1 aliphatic rings. The van der Waals surface area contributed by atoms with E-state index in [2.05, 4.69) is 38.7 Å². The SMILES string of the molecule is CC[C@H]1S/C(=N\N=C\c2c(-c3ccccc3)[nH]c3ccccc23)NC1=O. The van der Waals surface area contributed by atoms with Gasteiger partial charge in [-0.05, 0) is 18.1 Å². The number of para-hydroxylation sites is 1. The first kappa shape index (κ1) is 16.6. The molecule has 2 aromatic carbocycles. The molecule has 6 heteroatoms. The molecule has 3 aromatic rings. The van der Waals surface area contributed by atoms with E-state index in [9.17, 15) is 4.79 Å². The molecule has 5 nitrogen and oxygen atoms in total. The lowest BCUT2D eigenvalue weighted by Crippen LogP contribution is -2.24. The molecule has 0 bridgehead atoms. The maximum atomic E-state index is 11.8. The Bertz CT molecular complexity index is 1010. The van der Waals surface area contributed by atoms with Crippen LogP contribution in [-0.4, -0.2) is 27.5 Å². The Balaban J connectivity index is 1.71. The van der Waals surface area contributed by atoms with E-state index in [1.165, 1.54) is 11.8 Å². The van der Waals surface area contributed by atoms with Gasteiger partial charge in [-0.2, -0.15) is 5.10 Å². The van der Waals surface area contributed by atoms with Gasteiger partial charge in [-0.15, -0.1) is 5.10 Å². The maximum Gasteiger partial charge on any atom is 0.239 e. The summed E-state index contributed by atoms with van der Waals surface area (Å²) in [5.41, 5.74) is 4.13. The summed E-state index contributed by atoms with van der Waals surface area (Å²) >= 11 is 1.43. The summed E-state index contributed by atoms with van der Waals surface area (Å²) < 4.78 is 0. The number of amidine groups is 1. The lowest BCUT2D eigenvalue weighted by atomic mass is 10.1. The van der Waals surface area contributed by atoms with E-state index in [-0.39, 0.29) is 11.2 Å². The summed E-state index contributed by atoms with van der Waals surface area (Å²) in [6, 6.07) is 18.3. The minimum atomic E-state index is -0.0723. The summed E-state index contributed by atoms with van der Waals surface area (Å²) in [6.07, 6.45) is 2.53. The zero-order valence-electron chi connectivity index (χ0n) is 14.3. The van der Waals surface area contributed by atoms with Crippen molar-refractivity contribution in [3.8, 4) is 11.3 Å². The Labute approximate surface area is 155 Å². The third-order valence-corrected chi connectivity index (χ3v) is 5.53. The molecule has 26 heavy (non-hydrogen) atoms. The number of thioether (sulfide) groups is 1. The fourth-order valence-corrected chi connectivity index (χ4v) is 3.85. The molecule has 0 unspecified atom stereocenters. The molecular weight excluding hydrogens is 344 g/mol. The van der Waals surface area contributed by atoms with Crippen molar-refractivity contribution in [3.05, 3.63) is 60.2 Å². The van der Waals surface area contributed by atoms with E-state index in [0.29, 0.717) is 5.17 Å². The van der Waals surface area contributed by atoms with E-state index < -0.39 is 0 Å². The van der Waals surface area contributed by atoms with Gasteiger partial charge in [0.1, 0.15) is 0 Å². The Hall–Kier alpha value is -2.86. The van der Waals surface area contributed by atoms with Gasteiger partial charge >= 0.3 is 0 Å². The summed E-state index contributed by atoms with van der Waals surface area (Å²) in [5.74, 6) is 0.00326. The van der Waals surface area contributed by atoms with E-state index in [0.717, 1.165) is 34.1 Å². The number of rotatable bonds is 4. The second kappa shape index (κ2) is 7.17. The molecule has 2 heterocycles. The molecule has 0 radical (unpaired) electrons. The average Bonchev–Trinajstić information content (AvgIpc) is 3.23. The lowest BCUT2D eigenvalue weighted by molar-refractivity contribution is -0.118. The van der Waals surface area contributed by atoms with Crippen molar-refractivity contribution in [2.24, 2.45) is 10.2 Å². The lowest BCUT2D eigenvalue weighted by Gasteiger charge is -2.00. The number of aromatic nitrogens is 1. The molecule has 1 atom stereocenters. The predicted molar refractivity (Wildman–Crippen MR) is 109 cm³/mol. The number of benzene rings is 2. The number of H-pyrrole nitrogens is 1. The minimum absolute atomic E-state index is 0.00326. The summed E-state index contributed by atoms with van der Waals surface area (Å²) in [6.45, 7) is 1.99. The fourth-order valence-electron chi connectivity index (χ4n) is 2.99. The van der Waals surface area contributed by atoms with Gasteiger partial charge in [-0.3, -0.25) is 4.79 Å². The van der Waals surface area contributed by atoms with Crippen LogP contribution in [0.25, 0.3) is 22.2 Å². The van der Waals surface area contributed by atoms with Crippen LogP contribution in [0.1, 0.15) is 18.9 Å². The van der Waals surface area contributed by atoms with Crippen LogP contribution in [0.4, 0.5) is 0 Å². The zero-order valence-corrected chi connectivity index (χ0v) is 15.1. The smallest absolute Gasteiger partial charge is 0.239 e. The van der Waals surface area contributed by atoms with Gasteiger partial charge in [-0.1, -0.05) is 67.2 Å². The first-order valence-corrected chi connectivity index (χ1v) is 9.39. The molecule has 1 saturated heterocycles. The summed E-state index contributed by atoms with van der Waals surface area (Å²) in [7, 11) is 0. The van der Waals surface area contributed by atoms with Crippen molar-refractivity contribution in [2.75, 3.05) is 0 Å². The number of amides is 1. The molecular formula is C20H18N4OS. The van der Waals surface area contributed by atoms with Gasteiger partial charge in [0.25, 0.3) is 0 Å². The fraction of sp³-hybridized carbons (Fsp3) is 0.150. The molecule has 4 rings (SSSR count). The van der Waals surface area contributed by atoms with E-state index >= 15 is 0 Å². The predicted octanol–water partition coefficient (Wildman–Crippen LogP) is 4.17. The highest BCUT2D eigenvalue weighted by atomic mass is 32.2. The first-order valence-electron chi connectivity index (χ1n) is 8.51. The summed E-state index contributed by atoms with van der Waals surface area (Å²) in [4.78, 5) is 15.2. The average molecular weight is 362 g/mol. The van der Waals surface area contributed by atoms with Gasteiger partial charge in [0, 0.05) is 16.5 Å². The van der Waals surface area contributed by atoms with Crippen LogP contribution < -0.4 is 5.32 Å².